The summed E-state index contributed by atoms with van der Waals surface area (Å²) < 4.78 is 4.48. The summed E-state index contributed by atoms with van der Waals surface area (Å²) in [6, 6.07) is 0. The van der Waals surface area contributed by atoms with Crippen molar-refractivity contribution in [3.63, 3.8) is 0 Å². The molecule has 1 N–H and O–H groups in total. The van der Waals surface area contributed by atoms with Gasteiger partial charge >= 0.3 is 5.97 Å². The number of ether oxygens (including phenoxy) is 1. The van der Waals surface area contributed by atoms with Gasteiger partial charge in [0.05, 0.1) is 18.3 Å². The molecule has 1 aromatic rings. The quantitative estimate of drug-likeness (QED) is 0.763. The number of carbonyl (C=O) groups excluding carboxylic acids is 1. The number of methoxy groups -OCH3 is 1. The van der Waals surface area contributed by atoms with Gasteiger partial charge in [-0.05, 0) is 0 Å². The van der Waals surface area contributed by atoms with Gasteiger partial charge in [-0.25, -0.2) is 9.78 Å². The Morgan fingerprint density at radius 2 is 2.36 bits per heavy atom. The first kappa shape index (κ1) is 11.1. The number of rotatable bonds is 3. The molecule has 1 heterocycles. The number of aliphatic hydroxyl groups is 1. The SMILES string of the molecule is COC(=O)C(O)C(C)(C)c1cscn1. The third-order valence-corrected chi connectivity index (χ3v) is 2.79. The summed E-state index contributed by atoms with van der Waals surface area (Å²) in [7, 11) is 1.25. The summed E-state index contributed by atoms with van der Waals surface area (Å²) >= 11 is 1.43. The van der Waals surface area contributed by atoms with Gasteiger partial charge in [0.25, 0.3) is 0 Å². The van der Waals surface area contributed by atoms with Gasteiger partial charge in [0.2, 0.25) is 0 Å². The van der Waals surface area contributed by atoms with Crippen LogP contribution in [0, 0.1) is 0 Å². The molecule has 78 valence electrons. The summed E-state index contributed by atoms with van der Waals surface area (Å²) in [6.45, 7) is 3.51. The fourth-order valence-corrected chi connectivity index (χ4v) is 1.81. The average molecular weight is 215 g/mol. The van der Waals surface area contributed by atoms with Crippen LogP contribution in [0.1, 0.15) is 19.5 Å². The summed E-state index contributed by atoms with van der Waals surface area (Å²) in [5.41, 5.74) is 1.65. The topological polar surface area (TPSA) is 59.4 Å². The van der Waals surface area contributed by atoms with Crippen LogP contribution in [-0.2, 0) is 14.9 Å². The second-order valence-corrected chi connectivity index (χ2v) is 4.24. The van der Waals surface area contributed by atoms with Crippen LogP contribution < -0.4 is 0 Å². The number of hydrogen-bond acceptors (Lipinski definition) is 5. The highest BCUT2D eigenvalue weighted by Crippen LogP contribution is 2.27. The number of hydrogen-bond donors (Lipinski definition) is 1. The molecule has 0 radical (unpaired) electrons. The molecule has 0 bridgehead atoms. The second-order valence-electron chi connectivity index (χ2n) is 3.52. The molecule has 0 saturated carbocycles. The highest BCUT2D eigenvalue weighted by atomic mass is 32.1. The standard InChI is InChI=1S/C9H13NO3S/c1-9(2,6-4-14-5-10-6)7(11)8(12)13-3/h4-5,7,11H,1-3H3. The number of nitrogens with zero attached hydrogens (tertiary/aromatic N) is 1. The number of esters is 1. The van der Waals surface area contributed by atoms with Gasteiger partial charge in [-0.3, -0.25) is 0 Å². The van der Waals surface area contributed by atoms with Crippen LogP contribution in [0.5, 0.6) is 0 Å². The lowest BCUT2D eigenvalue weighted by Crippen LogP contribution is -2.40. The zero-order valence-corrected chi connectivity index (χ0v) is 9.17. The molecule has 1 unspecified atom stereocenters. The van der Waals surface area contributed by atoms with Gasteiger partial charge in [-0.15, -0.1) is 11.3 Å². The summed E-state index contributed by atoms with van der Waals surface area (Å²) in [5, 5.41) is 11.5. The fourth-order valence-electron chi connectivity index (χ4n) is 1.08. The first-order chi connectivity index (χ1) is 6.50. The Kier molecular flexibility index (Phi) is 3.23. The van der Waals surface area contributed by atoms with Crippen LogP contribution in [0.2, 0.25) is 0 Å². The molecule has 1 rings (SSSR count). The van der Waals surface area contributed by atoms with Crippen LogP contribution in [0.25, 0.3) is 0 Å². The van der Waals surface area contributed by atoms with E-state index < -0.39 is 17.5 Å². The van der Waals surface area contributed by atoms with E-state index in [2.05, 4.69) is 9.72 Å². The van der Waals surface area contributed by atoms with Crippen molar-refractivity contribution in [3.05, 3.63) is 16.6 Å². The Morgan fingerprint density at radius 1 is 1.71 bits per heavy atom. The molecule has 0 aliphatic rings. The van der Waals surface area contributed by atoms with Crippen molar-refractivity contribution in [2.75, 3.05) is 7.11 Å². The van der Waals surface area contributed by atoms with Crippen molar-refractivity contribution in [1.82, 2.24) is 4.98 Å². The molecule has 1 aromatic heterocycles. The molecule has 5 heteroatoms. The highest BCUT2D eigenvalue weighted by molar-refractivity contribution is 7.07. The van der Waals surface area contributed by atoms with Gasteiger partial charge in [-0.1, -0.05) is 13.8 Å². The lowest BCUT2D eigenvalue weighted by Gasteiger charge is -2.26. The van der Waals surface area contributed by atoms with E-state index in [-0.39, 0.29) is 0 Å². The van der Waals surface area contributed by atoms with Crippen molar-refractivity contribution >= 4 is 17.3 Å². The molecule has 14 heavy (non-hydrogen) atoms. The predicted molar refractivity (Wildman–Crippen MR) is 53.2 cm³/mol. The molecule has 4 nitrogen and oxygen atoms in total. The van der Waals surface area contributed by atoms with E-state index in [1.807, 2.05) is 5.38 Å². The van der Waals surface area contributed by atoms with E-state index in [1.54, 1.807) is 19.4 Å². The Labute approximate surface area is 86.6 Å². The highest BCUT2D eigenvalue weighted by Gasteiger charge is 2.37. The van der Waals surface area contributed by atoms with Gasteiger partial charge in [0, 0.05) is 10.8 Å². The Morgan fingerprint density at radius 3 is 2.79 bits per heavy atom. The molecule has 0 saturated heterocycles. The summed E-state index contributed by atoms with van der Waals surface area (Å²) in [4.78, 5) is 15.2. The molecule has 0 spiro atoms. The van der Waals surface area contributed by atoms with Crippen molar-refractivity contribution < 1.29 is 14.6 Å². The average Bonchev–Trinajstić information content (AvgIpc) is 2.68. The Bertz CT molecular complexity index is 308. The zero-order chi connectivity index (χ0) is 10.8. The number of thiazole rings is 1. The molecule has 0 fully saturated rings. The number of aliphatic hydroxyl groups excluding tert-OH is 1. The monoisotopic (exact) mass is 215 g/mol. The smallest absolute Gasteiger partial charge is 0.335 e. The van der Waals surface area contributed by atoms with Gasteiger partial charge in [0.15, 0.2) is 6.10 Å². The predicted octanol–water partition coefficient (Wildman–Crippen LogP) is 0.955. The zero-order valence-electron chi connectivity index (χ0n) is 8.35. The molecular formula is C9H13NO3S. The maximum Gasteiger partial charge on any atom is 0.335 e. The van der Waals surface area contributed by atoms with Crippen molar-refractivity contribution in [3.8, 4) is 0 Å². The normalized spacial score (nSPS) is 13.7. The molecule has 0 aromatic carbocycles. The molecule has 0 amide bonds. The first-order valence-corrected chi connectivity index (χ1v) is 5.09. The molecule has 0 aliphatic carbocycles. The third-order valence-electron chi connectivity index (χ3n) is 2.20. The van der Waals surface area contributed by atoms with E-state index >= 15 is 0 Å². The first-order valence-electron chi connectivity index (χ1n) is 4.14. The summed E-state index contributed by atoms with van der Waals surface area (Å²) in [5.74, 6) is -0.636. The van der Waals surface area contributed by atoms with Crippen LogP contribution in [0.4, 0.5) is 0 Å². The minimum absolute atomic E-state index is 0.636. The minimum Gasteiger partial charge on any atom is -0.467 e. The Hall–Kier alpha value is -0.940. The third kappa shape index (κ3) is 1.93. The maximum atomic E-state index is 11.2. The Balaban J connectivity index is 2.90. The second kappa shape index (κ2) is 4.06. The lowest BCUT2D eigenvalue weighted by molar-refractivity contribution is -0.153. The molecule has 0 aliphatic heterocycles. The van der Waals surface area contributed by atoms with E-state index in [0.717, 1.165) is 0 Å². The minimum atomic E-state index is -1.19. The van der Waals surface area contributed by atoms with E-state index in [4.69, 9.17) is 0 Å². The van der Waals surface area contributed by atoms with Crippen LogP contribution in [-0.4, -0.2) is 29.3 Å². The number of aromatic nitrogens is 1. The lowest BCUT2D eigenvalue weighted by atomic mass is 9.84. The van der Waals surface area contributed by atoms with Crippen molar-refractivity contribution in [2.24, 2.45) is 0 Å². The molecular weight excluding hydrogens is 202 g/mol. The molecule has 1 atom stereocenters. The van der Waals surface area contributed by atoms with Gasteiger partial charge in [-0.2, -0.15) is 0 Å². The van der Waals surface area contributed by atoms with E-state index in [1.165, 1.54) is 18.4 Å². The van der Waals surface area contributed by atoms with E-state index in [0.29, 0.717) is 5.69 Å². The van der Waals surface area contributed by atoms with Gasteiger partial charge < -0.3 is 9.84 Å². The summed E-state index contributed by atoms with van der Waals surface area (Å²) in [6.07, 6.45) is -1.19. The number of carbonyl (C=O) groups is 1. The largest absolute Gasteiger partial charge is 0.467 e. The maximum absolute atomic E-state index is 11.2. The fraction of sp³-hybridized carbons (Fsp3) is 0.556. The van der Waals surface area contributed by atoms with Crippen LogP contribution in [0.3, 0.4) is 0 Å². The van der Waals surface area contributed by atoms with Crippen LogP contribution in [0.15, 0.2) is 10.9 Å². The van der Waals surface area contributed by atoms with E-state index in [9.17, 15) is 9.90 Å². The van der Waals surface area contributed by atoms with Crippen LogP contribution >= 0.6 is 11.3 Å². The van der Waals surface area contributed by atoms with Crippen molar-refractivity contribution in [1.29, 1.82) is 0 Å². The van der Waals surface area contributed by atoms with Crippen molar-refractivity contribution in [2.45, 2.75) is 25.4 Å². The van der Waals surface area contributed by atoms with Gasteiger partial charge in [0.1, 0.15) is 0 Å².